The van der Waals surface area contributed by atoms with Crippen LogP contribution in [0.4, 0.5) is 5.69 Å². The minimum Gasteiger partial charge on any atom is -0.345 e. The number of imidazole rings is 1. The van der Waals surface area contributed by atoms with Crippen molar-refractivity contribution in [1.29, 1.82) is 0 Å². The zero-order chi connectivity index (χ0) is 22.2. The average molecular weight is 452 g/mol. The molecule has 0 spiro atoms. The number of benzene rings is 2. The Kier molecular flexibility index (Phi) is 5.30. The second-order valence-electron chi connectivity index (χ2n) is 8.14. The standard InChI is InChI=1S/C23H22ClN5O3/c24-17-2-1-3-18(12-17)29-13-16(11-21(29)30)23(32)28-8-6-27(7-9-28)22(31)15-4-5-19-20(10-15)26-14-25-19/h1-5,10,12,14,16H,6-9,11,13H2,(H,25,26). The van der Waals surface area contributed by atoms with Crippen LogP contribution in [0.1, 0.15) is 16.8 Å². The molecule has 3 heterocycles. The topological polar surface area (TPSA) is 89.6 Å². The third kappa shape index (κ3) is 3.82. The number of halogens is 1. The van der Waals surface area contributed by atoms with Crippen LogP contribution < -0.4 is 4.90 Å². The highest BCUT2D eigenvalue weighted by atomic mass is 35.5. The Labute approximate surface area is 189 Å². The van der Waals surface area contributed by atoms with E-state index in [0.717, 1.165) is 11.0 Å². The van der Waals surface area contributed by atoms with E-state index in [0.29, 0.717) is 49.0 Å². The molecule has 0 aliphatic carbocycles. The number of aromatic nitrogens is 2. The van der Waals surface area contributed by atoms with E-state index in [1.54, 1.807) is 51.4 Å². The molecule has 1 aromatic heterocycles. The quantitative estimate of drug-likeness (QED) is 0.662. The SMILES string of the molecule is O=C(c1ccc2nc[nH]c2c1)N1CCN(C(=O)C2CC(=O)N(c3cccc(Cl)c3)C2)CC1. The number of rotatable bonds is 3. The molecule has 2 aromatic carbocycles. The van der Waals surface area contributed by atoms with Crippen LogP contribution >= 0.6 is 11.6 Å². The van der Waals surface area contributed by atoms with Gasteiger partial charge in [0.1, 0.15) is 0 Å². The fourth-order valence-electron chi connectivity index (χ4n) is 4.41. The summed E-state index contributed by atoms with van der Waals surface area (Å²) in [5.74, 6) is -0.550. The lowest BCUT2D eigenvalue weighted by Gasteiger charge is -2.36. The number of nitrogens with one attached hydrogen (secondary N) is 1. The highest BCUT2D eigenvalue weighted by Crippen LogP contribution is 2.28. The van der Waals surface area contributed by atoms with Crippen molar-refractivity contribution in [2.45, 2.75) is 6.42 Å². The molecule has 2 aliphatic heterocycles. The van der Waals surface area contributed by atoms with E-state index in [2.05, 4.69) is 9.97 Å². The van der Waals surface area contributed by atoms with Crippen LogP contribution in [0.2, 0.25) is 5.02 Å². The summed E-state index contributed by atoms with van der Waals surface area (Å²) >= 11 is 6.05. The number of aromatic amines is 1. The lowest BCUT2D eigenvalue weighted by molar-refractivity contribution is -0.137. The summed E-state index contributed by atoms with van der Waals surface area (Å²) in [5.41, 5.74) is 2.94. The van der Waals surface area contributed by atoms with Gasteiger partial charge < -0.3 is 19.7 Å². The van der Waals surface area contributed by atoms with E-state index >= 15 is 0 Å². The second-order valence-corrected chi connectivity index (χ2v) is 8.57. The van der Waals surface area contributed by atoms with Gasteiger partial charge >= 0.3 is 0 Å². The van der Waals surface area contributed by atoms with Crippen LogP contribution in [0.15, 0.2) is 48.8 Å². The molecule has 2 fully saturated rings. The van der Waals surface area contributed by atoms with Crippen molar-refractivity contribution < 1.29 is 14.4 Å². The molecule has 3 amide bonds. The summed E-state index contributed by atoms with van der Waals surface area (Å²) in [5, 5.41) is 0.553. The molecule has 1 N–H and O–H groups in total. The van der Waals surface area contributed by atoms with Crippen molar-refractivity contribution in [3.05, 3.63) is 59.4 Å². The maximum absolute atomic E-state index is 13.1. The van der Waals surface area contributed by atoms with Crippen LogP contribution in [-0.2, 0) is 9.59 Å². The summed E-state index contributed by atoms with van der Waals surface area (Å²) in [4.78, 5) is 50.8. The van der Waals surface area contributed by atoms with Crippen molar-refractivity contribution >= 4 is 46.0 Å². The molecular formula is C23H22ClN5O3. The number of fused-ring (bicyclic) bond motifs is 1. The number of nitrogens with zero attached hydrogens (tertiary/aromatic N) is 4. The predicted octanol–water partition coefficient (Wildman–Crippen LogP) is 2.55. The van der Waals surface area contributed by atoms with Crippen LogP contribution in [0, 0.1) is 5.92 Å². The van der Waals surface area contributed by atoms with Crippen molar-refractivity contribution in [2.24, 2.45) is 5.92 Å². The van der Waals surface area contributed by atoms with E-state index in [-0.39, 0.29) is 30.1 Å². The molecule has 0 bridgehead atoms. The van der Waals surface area contributed by atoms with Crippen LogP contribution in [0.3, 0.4) is 0 Å². The van der Waals surface area contributed by atoms with Gasteiger partial charge in [0.25, 0.3) is 5.91 Å². The van der Waals surface area contributed by atoms with Crippen LogP contribution in [-0.4, -0.2) is 70.2 Å². The van der Waals surface area contributed by atoms with E-state index in [4.69, 9.17) is 11.6 Å². The first-order valence-electron chi connectivity index (χ1n) is 10.6. The van der Waals surface area contributed by atoms with Gasteiger partial charge in [-0.25, -0.2) is 4.98 Å². The van der Waals surface area contributed by atoms with Crippen molar-refractivity contribution in [1.82, 2.24) is 19.8 Å². The zero-order valence-electron chi connectivity index (χ0n) is 17.3. The number of amides is 3. The maximum atomic E-state index is 13.1. The summed E-state index contributed by atoms with van der Waals surface area (Å²) in [7, 11) is 0. The fourth-order valence-corrected chi connectivity index (χ4v) is 4.59. The number of H-pyrrole nitrogens is 1. The monoisotopic (exact) mass is 451 g/mol. The minimum atomic E-state index is -0.383. The predicted molar refractivity (Wildman–Crippen MR) is 120 cm³/mol. The van der Waals surface area contributed by atoms with E-state index in [1.807, 2.05) is 12.1 Å². The Morgan fingerprint density at radius 1 is 1.03 bits per heavy atom. The first-order chi connectivity index (χ1) is 15.5. The summed E-state index contributed by atoms with van der Waals surface area (Å²) in [6.45, 7) is 2.19. The molecule has 1 unspecified atom stereocenters. The molecular weight excluding hydrogens is 430 g/mol. The number of anilines is 1. The lowest BCUT2D eigenvalue weighted by Crippen LogP contribution is -2.52. The smallest absolute Gasteiger partial charge is 0.254 e. The molecule has 2 aliphatic rings. The summed E-state index contributed by atoms with van der Waals surface area (Å²) in [6.07, 6.45) is 1.79. The van der Waals surface area contributed by atoms with Gasteiger partial charge in [-0.05, 0) is 36.4 Å². The molecule has 2 saturated heterocycles. The zero-order valence-corrected chi connectivity index (χ0v) is 18.1. The van der Waals surface area contributed by atoms with Crippen molar-refractivity contribution in [2.75, 3.05) is 37.6 Å². The Hall–Kier alpha value is -3.39. The molecule has 32 heavy (non-hydrogen) atoms. The van der Waals surface area contributed by atoms with Gasteiger partial charge in [0.15, 0.2) is 0 Å². The number of carbonyl (C=O) groups excluding carboxylic acids is 3. The lowest BCUT2D eigenvalue weighted by atomic mass is 10.1. The highest BCUT2D eigenvalue weighted by Gasteiger charge is 2.38. The maximum Gasteiger partial charge on any atom is 0.254 e. The largest absolute Gasteiger partial charge is 0.345 e. The first kappa shape index (κ1) is 20.5. The summed E-state index contributed by atoms with van der Waals surface area (Å²) < 4.78 is 0. The molecule has 0 radical (unpaired) electrons. The normalized spacial score (nSPS) is 19.1. The van der Waals surface area contributed by atoms with Crippen molar-refractivity contribution in [3.8, 4) is 0 Å². The van der Waals surface area contributed by atoms with Gasteiger partial charge in [-0.2, -0.15) is 0 Å². The van der Waals surface area contributed by atoms with Gasteiger partial charge in [-0.1, -0.05) is 17.7 Å². The number of carbonyl (C=O) groups is 3. The van der Waals surface area contributed by atoms with Crippen LogP contribution in [0.25, 0.3) is 11.0 Å². The first-order valence-corrected chi connectivity index (χ1v) is 10.9. The Bertz CT molecular complexity index is 1200. The number of hydrogen-bond acceptors (Lipinski definition) is 4. The van der Waals surface area contributed by atoms with E-state index in [1.165, 1.54) is 0 Å². The average Bonchev–Trinajstić information content (AvgIpc) is 3.44. The third-order valence-corrected chi connectivity index (χ3v) is 6.37. The third-order valence-electron chi connectivity index (χ3n) is 6.14. The van der Waals surface area contributed by atoms with Gasteiger partial charge in [0.05, 0.1) is 23.3 Å². The molecule has 1 atom stereocenters. The highest BCUT2D eigenvalue weighted by molar-refractivity contribution is 6.31. The van der Waals surface area contributed by atoms with Gasteiger partial charge in [-0.3, -0.25) is 14.4 Å². The second kappa shape index (κ2) is 8.27. The molecule has 3 aromatic rings. The van der Waals surface area contributed by atoms with Gasteiger partial charge in [-0.15, -0.1) is 0 Å². The Morgan fingerprint density at radius 3 is 2.59 bits per heavy atom. The number of hydrogen-bond donors (Lipinski definition) is 1. The Morgan fingerprint density at radius 2 is 1.81 bits per heavy atom. The van der Waals surface area contributed by atoms with Crippen LogP contribution in [0.5, 0.6) is 0 Å². The van der Waals surface area contributed by atoms with Crippen molar-refractivity contribution in [3.63, 3.8) is 0 Å². The Balaban J connectivity index is 1.20. The van der Waals surface area contributed by atoms with E-state index in [9.17, 15) is 14.4 Å². The molecule has 0 saturated carbocycles. The fraction of sp³-hybridized carbons (Fsp3) is 0.304. The molecule has 8 nitrogen and oxygen atoms in total. The molecule has 9 heteroatoms. The number of piperazine rings is 1. The minimum absolute atomic E-state index is 0.0335. The van der Waals surface area contributed by atoms with E-state index < -0.39 is 0 Å². The summed E-state index contributed by atoms with van der Waals surface area (Å²) in [6, 6.07) is 12.5. The molecule has 5 rings (SSSR count). The van der Waals surface area contributed by atoms with Gasteiger partial charge in [0, 0.05) is 55.4 Å². The molecule has 164 valence electrons. The van der Waals surface area contributed by atoms with Gasteiger partial charge in [0.2, 0.25) is 11.8 Å².